The number of ketones is 1. The minimum absolute atomic E-state index is 0.0166. The molecule has 0 spiro atoms. The van der Waals surface area contributed by atoms with Gasteiger partial charge in [-0.1, -0.05) is 24.6 Å². The first-order valence-electron chi connectivity index (χ1n) is 7.95. The van der Waals surface area contributed by atoms with Gasteiger partial charge in [-0.15, -0.1) is 0 Å². The number of rotatable bonds is 0. The van der Waals surface area contributed by atoms with E-state index in [4.69, 9.17) is 16.3 Å². The lowest BCUT2D eigenvalue weighted by atomic mass is 9.92. The van der Waals surface area contributed by atoms with E-state index in [1.165, 1.54) is 0 Å². The van der Waals surface area contributed by atoms with E-state index in [-0.39, 0.29) is 34.9 Å². The van der Waals surface area contributed by atoms with Crippen molar-refractivity contribution in [2.24, 2.45) is 5.92 Å². The Labute approximate surface area is 150 Å². The van der Waals surface area contributed by atoms with Crippen LogP contribution >= 0.6 is 11.6 Å². The second-order valence-electron chi connectivity index (χ2n) is 6.33. The molecule has 1 aliphatic heterocycles. The van der Waals surface area contributed by atoms with Crippen molar-refractivity contribution in [1.82, 2.24) is 0 Å². The van der Waals surface area contributed by atoms with Gasteiger partial charge < -0.3 is 20.1 Å². The Hall–Kier alpha value is -2.05. The highest BCUT2D eigenvalue weighted by atomic mass is 35.5. The zero-order valence-corrected chi connectivity index (χ0v) is 15.0. The van der Waals surface area contributed by atoms with E-state index in [0.717, 1.165) is 6.07 Å². The molecule has 1 aliphatic rings. The van der Waals surface area contributed by atoms with Crippen LogP contribution in [0.3, 0.4) is 0 Å². The molecule has 1 aromatic rings. The van der Waals surface area contributed by atoms with Crippen molar-refractivity contribution in [3.05, 3.63) is 33.9 Å². The van der Waals surface area contributed by atoms with Crippen LogP contribution < -0.4 is 0 Å². The average Bonchev–Trinajstić information content (AvgIpc) is 2.54. The van der Waals surface area contributed by atoms with Gasteiger partial charge in [0.2, 0.25) is 0 Å². The number of halogens is 1. The number of hydrogen-bond donors (Lipinski definition) is 3. The van der Waals surface area contributed by atoms with Crippen LogP contribution in [0.1, 0.15) is 43.1 Å². The van der Waals surface area contributed by atoms with Gasteiger partial charge >= 0.3 is 5.97 Å². The molecule has 3 atom stereocenters. The summed E-state index contributed by atoms with van der Waals surface area (Å²) in [6.07, 6.45) is 0.0370. The molecule has 136 valence electrons. The molecule has 6 nitrogen and oxygen atoms in total. The first-order chi connectivity index (χ1) is 11.6. The molecule has 7 heteroatoms. The number of carbonyl (C=O) groups excluding carboxylic acids is 2. The van der Waals surface area contributed by atoms with Crippen molar-refractivity contribution in [2.75, 3.05) is 0 Å². The Morgan fingerprint density at radius 3 is 2.48 bits per heavy atom. The minimum atomic E-state index is -0.790. The average molecular weight is 369 g/mol. The number of aliphatic hydroxyl groups excluding tert-OH is 1. The van der Waals surface area contributed by atoms with Gasteiger partial charge in [0.1, 0.15) is 17.6 Å². The first kappa shape index (κ1) is 19.3. The molecule has 2 rings (SSSR count). The topological polar surface area (TPSA) is 104 Å². The van der Waals surface area contributed by atoms with Gasteiger partial charge in [0.25, 0.3) is 0 Å². The molecule has 0 amide bonds. The zero-order chi connectivity index (χ0) is 18.9. The zero-order valence-electron chi connectivity index (χ0n) is 14.2. The number of cyclic esters (lactones) is 1. The normalized spacial score (nSPS) is 27.4. The molecule has 25 heavy (non-hydrogen) atoms. The smallest absolute Gasteiger partial charge is 0.310 e. The van der Waals surface area contributed by atoms with Crippen molar-refractivity contribution >= 4 is 23.4 Å². The van der Waals surface area contributed by atoms with Gasteiger partial charge in [0, 0.05) is 17.5 Å². The molecule has 3 N–H and O–H groups in total. The number of carbonyl (C=O) groups is 2. The van der Waals surface area contributed by atoms with Crippen LogP contribution in [0.15, 0.2) is 17.7 Å². The molecule has 0 saturated carbocycles. The monoisotopic (exact) mass is 368 g/mol. The summed E-state index contributed by atoms with van der Waals surface area (Å²) in [7, 11) is 0. The lowest BCUT2D eigenvalue weighted by molar-refractivity contribution is -0.151. The van der Waals surface area contributed by atoms with Crippen LogP contribution in [0.5, 0.6) is 11.5 Å². The standard InChI is InChI=1S/C18H21ClO6/c1-8-4-5-12(20)9(2)10(3)25-15(23)6-11-16(18(8)24)13(21)7-14(22)17(11)19/h4,7,9-10,12,20-22H,5-6H2,1-3H3/b8-4+/t9-,10+,12+/m1/s1. The van der Waals surface area contributed by atoms with Crippen LogP contribution in [-0.4, -0.2) is 39.3 Å². The number of Topliss-reactive ketones (excluding diaryl/α,β-unsaturated/α-hetero) is 1. The largest absolute Gasteiger partial charge is 0.507 e. The number of hydrogen-bond acceptors (Lipinski definition) is 6. The van der Waals surface area contributed by atoms with Crippen molar-refractivity contribution in [2.45, 2.75) is 45.8 Å². The number of benzene rings is 1. The maximum absolute atomic E-state index is 12.7. The molecule has 0 aromatic heterocycles. The van der Waals surface area contributed by atoms with Gasteiger partial charge in [-0.05, 0) is 25.8 Å². The van der Waals surface area contributed by atoms with E-state index in [1.54, 1.807) is 26.8 Å². The van der Waals surface area contributed by atoms with E-state index in [9.17, 15) is 24.9 Å². The molecule has 0 aliphatic carbocycles. The summed E-state index contributed by atoms with van der Waals surface area (Å²) < 4.78 is 5.31. The summed E-state index contributed by atoms with van der Waals surface area (Å²) in [6, 6.07) is 0.961. The third kappa shape index (κ3) is 3.96. The fraction of sp³-hybridized carbons (Fsp3) is 0.444. The van der Waals surface area contributed by atoms with Crippen LogP contribution in [0.25, 0.3) is 0 Å². The maximum atomic E-state index is 12.7. The van der Waals surface area contributed by atoms with E-state index >= 15 is 0 Å². The Bertz CT molecular complexity index is 740. The fourth-order valence-corrected chi connectivity index (χ4v) is 2.93. The van der Waals surface area contributed by atoms with Crippen LogP contribution in [-0.2, 0) is 16.0 Å². The Morgan fingerprint density at radius 2 is 1.84 bits per heavy atom. The van der Waals surface area contributed by atoms with Gasteiger partial charge in [-0.2, -0.15) is 0 Å². The molecule has 1 aromatic carbocycles. The Kier molecular flexibility index (Phi) is 5.75. The molecule has 0 bridgehead atoms. The van der Waals surface area contributed by atoms with Crippen LogP contribution in [0.4, 0.5) is 0 Å². The first-order valence-corrected chi connectivity index (χ1v) is 8.33. The molecule has 1 heterocycles. The SMILES string of the molecule is C/C1=C\C[C@H](O)[C@H](C)[C@H](C)OC(=O)Cc2c(Cl)c(O)cc(O)c2C1=O. The summed E-state index contributed by atoms with van der Waals surface area (Å²) in [5.41, 5.74) is 0.165. The predicted molar refractivity (Wildman–Crippen MR) is 91.9 cm³/mol. The quantitative estimate of drug-likeness (QED) is 0.608. The molecule has 0 saturated heterocycles. The van der Waals surface area contributed by atoms with Crippen molar-refractivity contribution < 1.29 is 29.6 Å². The van der Waals surface area contributed by atoms with Crippen molar-refractivity contribution in [3.63, 3.8) is 0 Å². The second-order valence-corrected chi connectivity index (χ2v) is 6.71. The van der Waals surface area contributed by atoms with Gasteiger partial charge in [-0.25, -0.2) is 0 Å². The van der Waals surface area contributed by atoms with Crippen molar-refractivity contribution in [1.29, 1.82) is 0 Å². The van der Waals surface area contributed by atoms with E-state index in [0.29, 0.717) is 5.57 Å². The highest BCUT2D eigenvalue weighted by molar-refractivity contribution is 6.34. The highest BCUT2D eigenvalue weighted by Gasteiger charge is 2.29. The molecular formula is C18H21ClO6. The minimum Gasteiger partial charge on any atom is -0.507 e. The number of phenols is 2. The van der Waals surface area contributed by atoms with E-state index in [1.807, 2.05) is 0 Å². The Balaban J connectivity index is 2.62. The number of aliphatic hydroxyl groups is 1. The van der Waals surface area contributed by atoms with Gasteiger partial charge in [-0.3, -0.25) is 9.59 Å². The summed E-state index contributed by atoms with van der Waals surface area (Å²) >= 11 is 6.06. The summed E-state index contributed by atoms with van der Waals surface area (Å²) in [4.78, 5) is 24.9. The molecule has 0 unspecified atom stereocenters. The lowest BCUT2D eigenvalue weighted by Crippen LogP contribution is -2.32. The maximum Gasteiger partial charge on any atom is 0.310 e. The number of aromatic hydroxyl groups is 2. The molecule has 0 radical (unpaired) electrons. The number of fused-ring (bicyclic) bond motifs is 1. The second kappa shape index (κ2) is 7.45. The third-order valence-corrected chi connectivity index (χ3v) is 4.98. The third-order valence-electron chi connectivity index (χ3n) is 4.56. The predicted octanol–water partition coefficient (Wildman–Crippen LogP) is 2.76. The van der Waals surface area contributed by atoms with Crippen LogP contribution in [0.2, 0.25) is 5.02 Å². The Morgan fingerprint density at radius 1 is 1.20 bits per heavy atom. The number of esters is 1. The highest BCUT2D eigenvalue weighted by Crippen LogP contribution is 2.38. The number of phenolic OH excluding ortho intramolecular Hbond substituents is 2. The summed E-state index contributed by atoms with van der Waals surface area (Å²) in [5, 5.41) is 30.0. The molecular weight excluding hydrogens is 348 g/mol. The molecule has 0 fully saturated rings. The number of ether oxygens (including phenoxy) is 1. The van der Waals surface area contributed by atoms with Crippen molar-refractivity contribution in [3.8, 4) is 11.5 Å². The van der Waals surface area contributed by atoms with E-state index in [2.05, 4.69) is 0 Å². The van der Waals surface area contributed by atoms with Gasteiger partial charge in [0.15, 0.2) is 5.78 Å². The van der Waals surface area contributed by atoms with Gasteiger partial charge in [0.05, 0.1) is 23.1 Å². The number of allylic oxidation sites excluding steroid dienone is 1. The fourth-order valence-electron chi connectivity index (χ4n) is 2.72. The summed E-state index contributed by atoms with van der Waals surface area (Å²) in [5.74, 6) is -2.44. The van der Waals surface area contributed by atoms with Crippen LogP contribution in [0, 0.1) is 5.92 Å². The lowest BCUT2D eigenvalue weighted by Gasteiger charge is -2.25. The summed E-state index contributed by atoms with van der Waals surface area (Å²) in [6.45, 7) is 4.97. The van der Waals surface area contributed by atoms with E-state index < -0.39 is 35.5 Å².